The summed E-state index contributed by atoms with van der Waals surface area (Å²) in [6.07, 6.45) is 0.600. The smallest absolute Gasteiger partial charge is 0.307 e. The predicted molar refractivity (Wildman–Crippen MR) is 36.6 cm³/mol. The van der Waals surface area contributed by atoms with Crippen molar-refractivity contribution >= 4 is 5.97 Å². The number of carboxylic acids is 1. The fourth-order valence-electron chi connectivity index (χ4n) is 1.16. The summed E-state index contributed by atoms with van der Waals surface area (Å²) in [4.78, 5) is 10.4. The van der Waals surface area contributed by atoms with Gasteiger partial charge in [0.1, 0.15) is 0 Å². The summed E-state index contributed by atoms with van der Waals surface area (Å²) in [5.74, 6) is -1.04. The number of piperidine rings is 1. The van der Waals surface area contributed by atoms with E-state index in [1.165, 1.54) is 0 Å². The number of carboxylic acid groups (broad SMARTS) is 1. The number of rotatable bonds is 1. The van der Waals surface area contributed by atoms with E-state index in [2.05, 4.69) is 5.32 Å². The number of hydrogen-bond acceptors (Lipinski definition) is 3. The summed E-state index contributed by atoms with van der Waals surface area (Å²) in [7, 11) is 0. The third-order valence-electron chi connectivity index (χ3n) is 1.73. The van der Waals surface area contributed by atoms with Crippen LogP contribution < -0.4 is 11.1 Å². The van der Waals surface area contributed by atoms with Crippen molar-refractivity contribution in [2.45, 2.75) is 12.5 Å². The van der Waals surface area contributed by atoms with Crippen molar-refractivity contribution in [2.24, 2.45) is 11.7 Å². The SMILES string of the molecule is N[C@@H]1CNCC(C(=O)O)C1. The highest BCUT2D eigenvalue weighted by Gasteiger charge is 2.23. The molecule has 0 bridgehead atoms. The van der Waals surface area contributed by atoms with Gasteiger partial charge < -0.3 is 16.2 Å². The molecular formula is C6H12N2O2. The van der Waals surface area contributed by atoms with Crippen molar-refractivity contribution in [1.29, 1.82) is 0 Å². The fraction of sp³-hybridized carbons (Fsp3) is 0.833. The summed E-state index contributed by atoms with van der Waals surface area (Å²) in [6, 6.07) is 0.00912. The topological polar surface area (TPSA) is 75.3 Å². The molecular weight excluding hydrogens is 132 g/mol. The van der Waals surface area contributed by atoms with Crippen LogP contribution >= 0.6 is 0 Å². The molecule has 4 N–H and O–H groups in total. The molecule has 0 saturated carbocycles. The monoisotopic (exact) mass is 144 g/mol. The van der Waals surface area contributed by atoms with Gasteiger partial charge in [0, 0.05) is 19.1 Å². The Morgan fingerprint density at radius 3 is 2.70 bits per heavy atom. The number of nitrogens with one attached hydrogen (secondary N) is 1. The highest BCUT2D eigenvalue weighted by atomic mass is 16.4. The van der Waals surface area contributed by atoms with Gasteiger partial charge in [-0.15, -0.1) is 0 Å². The van der Waals surface area contributed by atoms with Crippen LogP contribution in [0.2, 0.25) is 0 Å². The first-order chi connectivity index (χ1) is 4.70. The van der Waals surface area contributed by atoms with E-state index < -0.39 is 5.97 Å². The fourth-order valence-corrected chi connectivity index (χ4v) is 1.16. The molecule has 2 atom stereocenters. The maximum absolute atomic E-state index is 10.4. The highest BCUT2D eigenvalue weighted by molar-refractivity contribution is 5.70. The second-order valence-corrected chi connectivity index (χ2v) is 2.69. The zero-order chi connectivity index (χ0) is 7.56. The molecule has 1 fully saturated rings. The van der Waals surface area contributed by atoms with E-state index in [1.807, 2.05) is 0 Å². The molecule has 1 aliphatic heterocycles. The lowest BCUT2D eigenvalue weighted by atomic mass is 9.97. The van der Waals surface area contributed by atoms with E-state index in [0.29, 0.717) is 13.0 Å². The Balaban J connectivity index is 2.39. The van der Waals surface area contributed by atoms with Crippen LogP contribution in [0.5, 0.6) is 0 Å². The molecule has 0 radical (unpaired) electrons. The first-order valence-electron chi connectivity index (χ1n) is 3.39. The zero-order valence-corrected chi connectivity index (χ0v) is 5.71. The lowest BCUT2D eigenvalue weighted by Gasteiger charge is -2.24. The summed E-state index contributed by atoms with van der Waals surface area (Å²) < 4.78 is 0. The number of hydrogen-bond donors (Lipinski definition) is 3. The number of nitrogens with two attached hydrogens (primary N) is 1. The largest absolute Gasteiger partial charge is 0.481 e. The summed E-state index contributed by atoms with van der Waals surface area (Å²) >= 11 is 0. The summed E-state index contributed by atoms with van der Waals surface area (Å²) in [6.45, 7) is 1.30. The Hall–Kier alpha value is -0.610. The van der Waals surface area contributed by atoms with Gasteiger partial charge in [-0.1, -0.05) is 0 Å². The second-order valence-electron chi connectivity index (χ2n) is 2.69. The minimum absolute atomic E-state index is 0.00912. The third kappa shape index (κ3) is 1.68. The van der Waals surface area contributed by atoms with Gasteiger partial charge in [0.25, 0.3) is 0 Å². The van der Waals surface area contributed by atoms with Crippen LogP contribution in [0.4, 0.5) is 0 Å². The molecule has 4 heteroatoms. The van der Waals surface area contributed by atoms with Crippen molar-refractivity contribution in [3.8, 4) is 0 Å². The van der Waals surface area contributed by atoms with E-state index in [4.69, 9.17) is 10.8 Å². The minimum atomic E-state index is -0.748. The Morgan fingerprint density at radius 2 is 2.30 bits per heavy atom. The van der Waals surface area contributed by atoms with Crippen molar-refractivity contribution < 1.29 is 9.90 Å². The molecule has 1 rings (SSSR count). The van der Waals surface area contributed by atoms with Crippen LogP contribution in [0.15, 0.2) is 0 Å². The Labute approximate surface area is 59.4 Å². The zero-order valence-electron chi connectivity index (χ0n) is 5.71. The number of aliphatic carboxylic acids is 1. The lowest BCUT2D eigenvalue weighted by Crippen LogP contribution is -2.46. The Morgan fingerprint density at radius 1 is 1.60 bits per heavy atom. The van der Waals surface area contributed by atoms with Crippen molar-refractivity contribution in [2.75, 3.05) is 13.1 Å². The number of carbonyl (C=O) groups is 1. The molecule has 1 aliphatic rings. The van der Waals surface area contributed by atoms with Crippen LogP contribution in [0, 0.1) is 5.92 Å². The van der Waals surface area contributed by atoms with E-state index in [-0.39, 0.29) is 12.0 Å². The normalized spacial score (nSPS) is 33.7. The molecule has 1 saturated heterocycles. The molecule has 1 unspecified atom stereocenters. The van der Waals surface area contributed by atoms with Gasteiger partial charge in [-0.05, 0) is 6.42 Å². The van der Waals surface area contributed by atoms with Gasteiger partial charge >= 0.3 is 5.97 Å². The van der Waals surface area contributed by atoms with Crippen molar-refractivity contribution in [3.63, 3.8) is 0 Å². The summed E-state index contributed by atoms with van der Waals surface area (Å²) in [5, 5.41) is 11.5. The van der Waals surface area contributed by atoms with Crippen molar-refractivity contribution in [3.05, 3.63) is 0 Å². The first kappa shape index (κ1) is 7.50. The first-order valence-corrected chi connectivity index (χ1v) is 3.39. The van der Waals surface area contributed by atoms with Crippen LogP contribution in [0.1, 0.15) is 6.42 Å². The average molecular weight is 144 g/mol. The Kier molecular flexibility index (Phi) is 2.24. The van der Waals surface area contributed by atoms with E-state index in [9.17, 15) is 4.79 Å². The molecule has 1 heterocycles. The quantitative estimate of drug-likeness (QED) is 0.441. The lowest BCUT2D eigenvalue weighted by molar-refractivity contribution is -0.142. The minimum Gasteiger partial charge on any atom is -0.481 e. The highest BCUT2D eigenvalue weighted by Crippen LogP contribution is 2.08. The van der Waals surface area contributed by atoms with E-state index in [0.717, 1.165) is 6.54 Å². The molecule has 10 heavy (non-hydrogen) atoms. The molecule has 0 spiro atoms. The van der Waals surface area contributed by atoms with Crippen LogP contribution in [-0.2, 0) is 4.79 Å². The Bertz CT molecular complexity index is 138. The van der Waals surface area contributed by atoms with Gasteiger partial charge in [-0.25, -0.2) is 0 Å². The standard InChI is InChI=1S/C6H12N2O2/c7-5-1-4(6(9)10)2-8-3-5/h4-5,8H,1-3,7H2,(H,9,10)/t4?,5-/m0/s1. The molecule has 0 amide bonds. The van der Waals surface area contributed by atoms with Crippen molar-refractivity contribution in [1.82, 2.24) is 5.32 Å². The van der Waals surface area contributed by atoms with Gasteiger partial charge in [-0.3, -0.25) is 4.79 Å². The van der Waals surface area contributed by atoms with Crippen LogP contribution in [0.3, 0.4) is 0 Å². The molecule has 0 aromatic heterocycles. The van der Waals surface area contributed by atoms with Crippen LogP contribution in [-0.4, -0.2) is 30.2 Å². The maximum atomic E-state index is 10.4. The van der Waals surface area contributed by atoms with E-state index in [1.54, 1.807) is 0 Å². The maximum Gasteiger partial charge on any atom is 0.307 e. The summed E-state index contributed by atoms with van der Waals surface area (Å²) in [5.41, 5.74) is 5.54. The third-order valence-corrected chi connectivity index (χ3v) is 1.73. The van der Waals surface area contributed by atoms with Gasteiger partial charge in [0.2, 0.25) is 0 Å². The van der Waals surface area contributed by atoms with E-state index >= 15 is 0 Å². The molecule has 0 aromatic rings. The van der Waals surface area contributed by atoms with Crippen LogP contribution in [0.25, 0.3) is 0 Å². The average Bonchev–Trinajstić information content (AvgIpc) is 1.88. The molecule has 58 valence electrons. The van der Waals surface area contributed by atoms with Gasteiger partial charge in [-0.2, -0.15) is 0 Å². The second kappa shape index (κ2) is 2.98. The molecule has 0 aliphatic carbocycles. The van der Waals surface area contributed by atoms with Gasteiger partial charge in [0.15, 0.2) is 0 Å². The molecule has 4 nitrogen and oxygen atoms in total. The van der Waals surface area contributed by atoms with Gasteiger partial charge in [0.05, 0.1) is 5.92 Å². The molecule has 0 aromatic carbocycles. The predicted octanol–water partition coefficient (Wildman–Crippen LogP) is -0.992.